The molecule has 27 heavy (non-hydrogen) atoms. The number of carbonyl (C=O) groups is 1. The number of nitrogens with zero attached hydrogens (tertiary/aromatic N) is 3. The fourth-order valence-corrected chi connectivity index (χ4v) is 2.53. The molecule has 0 bridgehead atoms. The Kier molecular flexibility index (Phi) is 6.46. The number of allylic oxidation sites excluding steroid dienone is 1. The quantitative estimate of drug-likeness (QED) is 0.666. The average Bonchev–Trinajstić information content (AvgIpc) is 3.13. The Morgan fingerprint density at radius 1 is 1.19 bits per heavy atom. The third-order valence-corrected chi connectivity index (χ3v) is 4.37. The molecule has 1 heterocycles. The first-order chi connectivity index (χ1) is 12.6. The van der Waals surface area contributed by atoms with E-state index in [9.17, 15) is 13.6 Å². The number of Topliss-reactive ketones (excluding diaryl/α,β-unsaturated/α-hetero) is 1. The van der Waals surface area contributed by atoms with Crippen LogP contribution < -0.4 is 4.74 Å². The SMILES string of the molecule is C/C(COc1ccc(F)c(F)c1)=C(/C)CC(C(=O)C(C)(C)C)n1cncn1. The minimum Gasteiger partial charge on any atom is -0.489 e. The normalized spacial score (nSPS) is 13.9. The summed E-state index contributed by atoms with van der Waals surface area (Å²) < 4.78 is 33.4. The molecule has 0 spiro atoms. The first kappa shape index (κ1) is 20.7. The average molecular weight is 377 g/mol. The maximum atomic E-state index is 13.3. The van der Waals surface area contributed by atoms with E-state index in [1.54, 1.807) is 4.68 Å². The molecule has 1 atom stereocenters. The van der Waals surface area contributed by atoms with Crippen LogP contribution in [0.5, 0.6) is 5.75 Å². The van der Waals surface area contributed by atoms with Gasteiger partial charge in [0.15, 0.2) is 17.4 Å². The summed E-state index contributed by atoms with van der Waals surface area (Å²) in [6.07, 6.45) is 3.40. The summed E-state index contributed by atoms with van der Waals surface area (Å²) in [5.74, 6) is -1.56. The van der Waals surface area contributed by atoms with Gasteiger partial charge in [-0.2, -0.15) is 5.10 Å². The number of hydrogen-bond acceptors (Lipinski definition) is 4. The molecule has 0 radical (unpaired) electrons. The smallest absolute Gasteiger partial charge is 0.163 e. The second kappa shape index (κ2) is 8.41. The van der Waals surface area contributed by atoms with Crippen molar-refractivity contribution in [3.05, 3.63) is 53.6 Å². The summed E-state index contributed by atoms with van der Waals surface area (Å²) in [5.41, 5.74) is 1.36. The molecule has 1 aromatic heterocycles. The number of halogens is 2. The van der Waals surface area contributed by atoms with Crippen molar-refractivity contribution in [2.45, 2.75) is 47.1 Å². The summed E-state index contributed by atoms with van der Waals surface area (Å²) >= 11 is 0. The fourth-order valence-electron chi connectivity index (χ4n) is 2.53. The Bertz CT molecular complexity index is 824. The molecule has 0 aliphatic heterocycles. The second-order valence-corrected chi connectivity index (χ2v) is 7.63. The van der Waals surface area contributed by atoms with Gasteiger partial charge in [0.05, 0.1) is 0 Å². The van der Waals surface area contributed by atoms with E-state index in [-0.39, 0.29) is 18.1 Å². The van der Waals surface area contributed by atoms with Crippen molar-refractivity contribution in [3.63, 3.8) is 0 Å². The molecule has 1 aromatic carbocycles. The van der Waals surface area contributed by atoms with Gasteiger partial charge >= 0.3 is 0 Å². The number of carbonyl (C=O) groups excluding carboxylic acids is 1. The Morgan fingerprint density at radius 2 is 1.89 bits per heavy atom. The molecule has 5 nitrogen and oxygen atoms in total. The fraction of sp³-hybridized carbons (Fsp3) is 0.450. The molecule has 146 valence electrons. The lowest BCUT2D eigenvalue weighted by Crippen LogP contribution is -2.31. The molecule has 0 aliphatic carbocycles. The molecule has 0 N–H and O–H groups in total. The van der Waals surface area contributed by atoms with E-state index in [0.717, 1.165) is 23.3 Å². The predicted octanol–water partition coefficient (Wildman–Crippen LogP) is 4.52. The standard InChI is InChI=1S/C20H25F2N3O2/c1-13(14(2)10-27-15-6-7-16(21)17(22)9-15)8-18(19(26)20(3,4)5)25-12-23-11-24-25/h6-7,9,11-12,18H,8,10H2,1-5H3/b14-13+. The number of hydrogen-bond donors (Lipinski definition) is 0. The topological polar surface area (TPSA) is 57.0 Å². The maximum Gasteiger partial charge on any atom is 0.163 e. The number of rotatable bonds is 7. The van der Waals surface area contributed by atoms with Crippen LogP contribution in [0.3, 0.4) is 0 Å². The van der Waals surface area contributed by atoms with Gasteiger partial charge in [0.25, 0.3) is 0 Å². The monoisotopic (exact) mass is 377 g/mol. The van der Waals surface area contributed by atoms with Crippen LogP contribution in [0.25, 0.3) is 0 Å². The zero-order valence-corrected chi connectivity index (χ0v) is 16.3. The van der Waals surface area contributed by atoms with Gasteiger partial charge in [-0.3, -0.25) is 4.79 Å². The van der Waals surface area contributed by atoms with Crippen molar-refractivity contribution in [1.82, 2.24) is 14.8 Å². The highest BCUT2D eigenvalue weighted by Gasteiger charge is 2.31. The number of benzene rings is 1. The van der Waals surface area contributed by atoms with Gasteiger partial charge in [0, 0.05) is 11.5 Å². The van der Waals surface area contributed by atoms with Crippen LogP contribution >= 0.6 is 0 Å². The molecule has 2 rings (SSSR count). The van der Waals surface area contributed by atoms with Crippen LogP contribution in [0, 0.1) is 17.0 Å². The molecule has 0 saturated carbocycles. The van der Waals surface area contributed by atoms with Gasteiger partial charge in [-0.05, 0) is 38.0 Å². The lowest BCUT2D eigenvalue weighted by atomic mass is 9.84. The molecule has 0 amide bonds. The van der Waals surface area contributed by atoms with Crippen molar-refractivity contribution in [2.75, 3.05) is 6.61 Å². The Labute approximate surface area is 158 Å². The summed E-state index contributed by atoms with van der Waals surface area (Å²) in [5, 5.41) is 4.13. The van der Waals surface area contributed by atoms with Crippen molar-refractivity contribution in [3.8, 4) is 5.75 Å². The summed E-state index contributed by atoms with van der Waals surface area (Å²) in [7, 11) is 0. The van der Waals surface area contributed by atoms with Crippen molar-refractivity contribution >= 4 is 5.78 Å². The van der Waals surface area contributed by atoms with Gasteiger partial charge in [-0.1, -0.05) is 26.3 Å². The minimum atomic E-state index is -0.951. The molecule has 0 fully saturated rings. The summed E-state index contributed by atoms with van der Waals surface area (Å²) in [6, 6.07) is 2.95. The number of ketones is 1. The lowest BCUT2D eigenvalue weighted by molar-refractivity contribution is -0.130. The van der Waals surface area contributed by atoms with Crippen LogP contribution in [-0.2, 0) is 4.79 Å². The molecule has 0 aliphatic rings. The van der Waals surface area contributed by atoms with Gasteiger partial charge in [0.2, 0.25) is 0 Å². The predicted molar refractivity (Wildman–Crippen MR) is 98.4 cm³/mol. The first-order valence-corrected chi connectivity index (χ1v) is 8.71. The number of ether oxygens (including phenoxy) is 1. The molecule has 7 heteroatoms. The molecule has 2 aromatic rings. The van der Waals surface area contributed by atoms with Gasteiger partial charge < -0.3 is 4.74 Å². The first-order valence-electron chi connectivity index (χ1n) is 8.71. The van der Waals surface area contributed by atoms with Gasteiger partial charge in [0.1, 0.15) is 31.1 Å². The Morgan fingerprint density at radius 3 is 2.44 bits per heavy atom. The van der Waals surface area contributed by atoms with E-state index < -0.39 is 23.1 Å². The largest absolute Gasteiger partial charge is 0.489 e. The van der Waals surface area contributed by atoms with Crippen molar-refractivity contribution in [1.29, 1.82) is 0 Å². The number of aromatic nitrogens is 3. The van der Waals surface area contributed by atoms with E-state index in [1.807, 2.05) is 34.6 Å². The van der Waals surface area contributed by atoms with Crippen LogP contribution in [0.4, 0.5) is 8.78 Å². The Hall–Kier alpha value is -2.57. The zero-order chi connectivity index (χ0) is 20.2. The van der Waals surface area contributed by atoms with E-state index in [2.05, 4.69) is 10.1 Å². The maximum absolute atomic E-state index is 13.3. The highest BCUT2D eigenvalue weighted by Crippen LogP contribution is 2.28. The summed E-state index contributed by atoms with van der Waals surface area (Å²) in [4.78, 5) is 16.8. The third kappa shape index (κ3) is 5.45. The van der Waals surface area contributed by atoms with E-state index in [4.69, 9.17) is 4.74 Å². The van der Waals surface area contributed by atoms with Gasteiger partial charge in [-0.15, -0.1) is 0 Å². The van der Waals surface area contributed by atoms with Crippen molar-refractivity contribution < 1.29 is 18.3 Å². The zero-order valence-electron chi connectivity index (χ0n) is 16.3. The third-order valence-electron chi connectivity index (χ3n) is 4.37. The molecular formula is C20H25F2N3O2. The lowest BCUT2D eigenvalue weighted by Gasteiger charge is -2.25. The van der Waals surface area contributed by atoms with Crippen LogP contribution in [-0.4, -0.2) is 27.2 Å². The van der Waals surface area contributed by atoms with Gasteiger partial charge in [-0.25, -0.2) is 18.4 Å². The van der Waals surface area contributed by atoms with Crippen LogP contribution in [0.15, 0.2) is 42.0 Å². The minimum absolute atomic E-state index is 0.0571. The summed E-state index contributed by atoms with van der Waals surface area (Å²) in [6.45, 7) is 9.63. The second-order valence-electron chi connectivity index (χ2n) is 7.63. The Balaban J connectivity index is 2.13. The van der Waals surface area contributed by atoms with E-state index >= 15 is 0 Å². The van der Waals surface area contributed by atoms with Crippen LogP contribution in [0.1, 0.15) is 47.1 Å². The van der Waals surface area contributed by atoms with Crippen molar-refractivity contribution in [2.24, 2.45) is 5.41 Å². The van der Waals surface area contributed by atoms with E-state index in [1.165, 1.54) is 18.7 Å². The molecular weight excluding hydrogens is 352 g/mol. The van der Waals surface area contributed by atoms with Crippen LogP contribution in [0.2, 0.25) is 0 Å². The molecule has 0 saturated heterocycles. The highest BCUT2D eigenvalue weighted by molar-refractivity contribution is 5.87. The highest BCUT2D eigenvalue weighted by atomic mass is 19.2. The van der Waals surface area contributed by atoms with E-state index in [0.29, 0.717) is 6.42 Å². The molecule has 1 unspecified atom stereocenters.